The van der Waals surface area contributed by atoms with Gasteiger partial charge in [-0.15, -0.1) is 0 Å². The fourth-order valence-electron chi connectivity index (χ4n) is 7.77. The zero-order valence-electron chi connectivity index (χ0n) is 37.6. The molecule has 2 heterocycles. The second kappa shape index (κ2) is 24.4. The number of likely N-dealkylation sites (N-methyl/N-ethyl adjacent to an activating group) is 1. The minimum Gasteiger partial charge on any atom is -0.481 e. The number of carboxylic acids is 1. The molecule has 0 spiro atoms. The fourth-order valence-corrected chi connectivity index (χ4v) is 7.77. The Kier molecular flexibility index (Phi) is 18.5. The second-order valence-electron chi connectivity index (χ2n) is 16.4. The largest absolute Gasteiger partial charge is 0.481 e. The summed E-state index contributed by atoms with van der Waals surface area (Å²) in [5, 5.41) is 26.6. The number of pyridine rings is 1. The van der Waals surface area contributed by atoms with Gasteiger partial charge in [-0.2, -0.15) is 0 Å². The Bertz CT molecular complexity index is 2260. The molecule has 1 aromatic heterocycles. The van der Waals surface area contributed by atoms with Gasteiger partial charge in [0.05, 0.1) is 18.7 Å². The average molecular weight is 891 g/mol. The van der Waals surface area contributed by atoms with Crippen molar-refractivity contribution in [2.24, 2.45) is 5.73 Å². The van der Waals surface area contributed by atoms with Crippen molar-refractivity contribution >= 4 is 52.7 Å². The van der Waals surface area contributed by atoms with E-state index >= 15 is 0 Å². The highest BCUT2D eigenvalue weighted by Crippen LogP contribution is 2.25. The van der Waals surface area contributed by atoms with Crippen LogP contribution in [-0.2, 0) is 33.8 Å². The lowest BCUT2D eigenvalue weighted by Gasteiger charge is -2.32. The lowest BCUT2D eigenvalue weighted by molar-refractivity contribution is -0.140. The summed E-state index contributed by atoms with van der Waals surface area (Å²) >= 11 is 0. The summed E-state index contributed by atoms with van der Waals surface area (Å²) in [4.78, 5) is 86.1. The predicted molar refractivity (Wildman–Crippen MR) is 250 cm³/mol. The van der Waals surface area contributed by atoms with Gasteiger partial charge in [-0.05, 0) is 110 Å². The number of amides is 5. The summed E-state index contributed by atoms with van der Waals surface area (Å²) < 4.78 is 0. The van der Waals surface area contributed by atoms with Gasteiger partial charge in [0.1, 0.15) is 11.9 Å². The predicted octanol–water partition coefficient (Wildman–Crippen LogP) is 5.25. The molecular formula is C49H62N8O8. The number of nitrogens with zero attached hydrogens (tertiary/aromatic N) is 4. The van der Waals surface area contributed by atoms with Crippen molar-refractivity contribution in [3.8, 4) is 0 Å². The van der Waals surface area contributed by atoms with Gasteiger partial charge in [-0.3, -0.25) is 33.7 Å². The highest BCUT2D eigenvalue weighted by Gasteiger charge is 2.23. The first-order chi connectivity index (χ1) is 31.3. The van der Waals surface area contributed by atoms with Crippen LogP contribution in [0.2, 0.25) is 0 Å². The molecule has 5 amide bonds. The molecule has 0 unspecified atom stereocenters. The smallest absolute Gasteiger partial charge is 0.303 e. The number of nitrogens with two attached hydrogens (primary N) is 1. The Morgan fingerprint density at radius 1 is 0.754 bits per heavy atom. The standard InChI is InChI=1S/C49H62N8O8/c1-4-39(5-2)57(29-28-55(3)43(59)24-25-44(60)61)31-35-10-9-11-37(30-35)48(64)52-40-22-23-42(56-26-7-6-8-27-56)54-45(40)49(65)51-38-20-16-34(17-21-38)13-12-33-14-18-36(19-15-33)47(63)53-41(32-58)46(50)62/h9-11,14-23,30,39,41,58H,4-8,12-13,24-29,31-32H2,1-3H3,(H2,50,62)(H,51,65)(H,52,64)(H,53,63)(H,60,61)/t41-/m0/s1. The quantitative estimate of drug-likeness (QED) is 0.0564. The molecule has 16 heteroatoms. The van der Waals surface area contributed by atoms with Crippen LogP contribution in [0.3, 0.4) is 0 Å². The fraction of sp³-hybridized carbons (Fsp3) is 0.408. The minimum atomic E-state index is -1.16. The Balaban J connectivity index is 1.25. The van der Waals surface area contributed by atoms with E-state index in [-0.39, 0.29) is 36.2 Å². The zero-order valence-corrected chi connectivity index (χ0v) is 37.6. The first kappa shape index (κ1) is 49.4. The molecule has 5 rings (SSSR count). The van der Waals surface area contributed by atoms with Crippen molar-refractivity contribution in [1.82, 2.24) is 20.1 Å². The molecule has 0 radical (unpaired) electrons. The van der Waals surface area contributed by atoms with Gasteiger partial charge in [0.15, 0.2) is 5.69 Å². The number of benzene rings is 3. The molecule has 65 heavy (non-hydrogen) atoms. The number of primary amides is 1. The van der Waals surface area contributed by atoms with E-state index in [1.165, 1.54) is 0 Å². The van der Waals surface area contributed by atoms with Crippen molar-refractivity contribution in [2.45, 2.75) is 90.3 Å². The van der Waals surface area contributed by atoms with Crippen molar-refractivity contribution in [1.29, 1.82) is 0 Å². The van der Waals surface area contributed by atoms with Crippen LogP contribution in [0.5, 0.6) is 0 Å². The molecule has 346 valence electrons. The lowest BCUT2D eigenvalue weighted by Crippen LogP contribution is -2.46. The molecule has 7 N–H and O–H groups in total. The number of aliphatic hydroxyl groups excluding tert-OH is 1. The number of carbonyl (C=O) groups excluding carboxylic acids is 5. The van der Waals surface area contributed by atoms with E-state index < -0.39 is 42.2 Å². The van der Waals surface area contributed by atoms with Crippen LogP contribution in [0.15, 0.2) is 84.9 Å². The molecule has 1 aliphatic rings. The normalized spacial score (nSPS) is 13.0. The number of carboxylic acid groups (broad SMARTS) is 1. The van der Waals surface area contributed by atoms with Crippen LogP contribution >= 0.6 is 0 Å². The van der Waals surface area contributed by atoms with E-state index in [9.17, 15) is 33.9 Å². The first-order valence-corrected chi connectivity index (χ1v) is 22.3. The number of hydrogen-bond donors (Lipinski definition) is 6. The maximum Gasteiger partial charge on any atom is 0.303 e. The van der Waals surface area contributed by atoms with Gasteiger partial charge in [0.2, 0.25) is 11.8 Å². The molecule has 1 aliphatic heterocycles. The van der Waals surface area contributed by atoms with Gasteiger partial charge < -0.3 is 41.7 Å². The molecule has 4 aromatic rings. The van der Waals surface area contributed by atoms with E-state index in [0.717, 1.165) is 61.9 Å². The molecule has 3 aromatic carbocycles. The van der Waals surface area contributed by atoms with Gasteiger partial charge in [0.25, 0.3) is 17.7 Å². The molecule has 1 fully saturated rings. The molecule has 0 bridgehead atoms. The van der Waals surface area contributed by atoms with Gasteiger partial charge in [-0.1, -0.05) is 50.2 Å². The number of carbonyl (C=O) groups is 6. The van der Waals surface area contributed by atoms with E-state index in [2.05, 4.69) is 39.6 Å². The number of nitrogens with one attached hydrogen (secondary N) is 3. The van der Waals surface area contributed by atoms with Crippen LogP contribution in [-0.4, -0.2) is 112 Å². The topological polar surface area (TPSA) is 228 Å². The number of aromatic nitrogens is 1. The second-order valence-corrected chi connectivity index (χ2v) is 16.4. The Morgan fingerprint density at radius 3 is 2.03 bits per heavy atom. The summed E-state index contributed by atoms with van der Waals surface area (Å²) in [6.07, 6.45) is 6.06. The van der Waals surface area contributed by atoms with Gasteiger partial charge in [-0.25, -0.2) is 4.98 Å². The summed E-state index contributed by atoms with van der Waals surface area (Å²) in [6, 6.07) is 24.4. The SMILES string of the molecule is CCC(CC)N(CCN(C)C(=O)CCC(=O)O)Cc1cccc(C(=O)Nc2ccc(N3CCCCC3)nc2C(=O)Nc2ccc(CCc3ccc(C(=O)N[C@@H](CO)C(N)=O)cc3)cc2)c1. The number of aryl methyl sites for hydroxylation is 2. The molecule has 0 saturated carbocycles. The highest BCUT2D eigenvalue weighted by atomic mass is 16.4. The summed E-state index contributed by atoms with van der Waals surface area (Å²) in [6.45, 7) is 6.81. The average Bonchev–Trinajstić information content (AvgIpc) is 3.32. The number of hydrogen-bond acceptors (Lipinski definition) is 10. The molecule has 1 atom stereocenters. The minimum absolute atomic E-state index is 0.0523. The number of aliphatic carboxylic acids is 1. The van der Waals surface area contributed by atoms with Crippen molar-refractivity contribution in [2.75, 3.05) is 55.4 Å². The summed E-state index contributed by atoms with van der Waals surface area (Å²) in [5.74, 6) is -2.77. The van der Waals surface area contributed by atoms with Crippen LogP contribution in [0.1, 0.15) is 107 Å². The lowest BCUT2D eigenvalue weighted by atomic mass is 10.0. The van der Waals surface area contributed by atoms with Crippen LogP contribution in [0.25, 0.3) is 0 Å². The van der Waals surface area contributed by atoms with Crippen molar-refractivity contribution < 1.29 is 39.0 Å². The van der Waals surface area contributed by atoms with Crippen LogP contribution in [0, 0.1) is 0 Å². The van der Waals surface area contributed by atoms with Crippen molar-refractivity contribution in [3.05, 3.63) is 118 Å². The van der Waals surface area contributed by atoms with Crippen LogP contribution < -0.4 is 26.6 Å². The Hall–Kier alpha value is -6.65. The molecular weight excluding hydrogens is 829 g/mol. The summed E-state index contributed by atoms with van der Waals surface area (Å²) in [7, 11) is 1.68. The number of aliphatic hydroxyl groups is 1. The maximum atomic E-state index is 14.0. The van der Waals surface area contributed by atoms with E-state index in [1.807, 2.05) is 60.7 Å². The third-order valence-corrected chi connectivity index (χ3v) is 11.7. The third-order valence-electron chi connectivity index (χ3n) is 11.7. The van der Waals surface area contributed by atoms with Gasteiger partial charge >= 0.3 is 5.97 Å². The highest BCUT2D eigenvalue weighted by molar-refractivity contribution is 6.11. The monoisotopic (exact) mass is 890 g/mol. The first-order valence-electron chi connectivity index (χ1n) is 22.3. The zero-order chi connectivity index (χ0) is 46.9. The van der Waals surface area contributed by atoms with Crippen molar-refractivity contribution in [3.63, 3.8) is 0 Å². The number of piperidine rings is 1. The maximum absolute atomic E-state index is 14.0. The Morgan fingerprint density at radius 2 is 1.42 bits per heavy atom. The third kappa shape index (κ3) is 14.7. The molecule has 0 aliphatic carbocycles. The summed E-state index contributed by atoms with van der Waals surface area (Å²) in [5.41, 5.74) is 9.78. The van der Waals surface area contributed by atoms with Crippen LogP contribution in [0.4, 0.5) is 17.2 Å². The number of rotatable bonds is 23. The van der Waals surface area contributed by atoms with E-state index in [0.29, 0.717) is 55.1 Å². The molecule has 16 nitrogen and oxygen atoms in total. The number of anilines is 3. The Labute approximate surface area is 380 Å². The molecule has 1 saturated heterocycles. The van der Waals surface area contributed by atoms with E-state index in [4.69, 9.17) is 15.8 Å². The van der Waals surface area contributed by atoms with E-state index in [1.54, 1.807) is 36.2 Å². The van der Waals surface area contributed by atoms with Gasteiger partial charge in [0, 0.05) is 69.0 Å².